The number of hydrogen-bond donors (Lipinski definition) is 0. The van der Waals surface area contributed by atoms with E-state index >= 15 is 0 Å². The minimum Gasteiger partial charge on any atom is -0.496 e. The van der Waals surface area contributed by atoms with Crippen molar-refractivity contribution < 1.29 is 23.9 Å². The van der Waals surface area contributed by atoms with Crippen molar-refractivity contribution in [2.75, 3.05) is 19.5 Å². The number of carbonyl (C=O) groups excluding carboxylic acids is 3. The minimum absolute atomic E-state index is 0.0585. The summed E-state index contributed by atoms with van der Waals surface area (Å²) in [6, 6.07) is 15.9. The summed E-state index contributed by atoms with van der Waals surface area (Å²) in [7, 11) is 1.48. The lowest BCUT2D eigenvalue weighted by Crippen LogP contribution is -2.47. The number of thioether (sulfide) groups is 1. The van der Waals surface area contributed by atoms with E-state index in [0.717, 1.165) is 5.56 Å². The van der Waals surface area contributed by atoms with Crippen molar-refractivity contribution in [3.8, 4) is 5.75 Å². The number of Topliss-reactive ketones (excluding diaryl/α,β-unsaturated/α-hetero) is 1. The fourth-order valence-corrected chi connectivity index (χ4v) is 5.64. The van der Waals surface area contributed by atoms with Gasteiger partial charge in [-0.1, -0.05) is 42.5 Å². The van der Waals surface area contributed by atoms with Gasteiger partial charge in [0.2, 0.25) is 11.7 Å². The van der Waals surface area contributed by atoms with E-state index in [2.05, 4.69) is 0 Å². The van der Waals surface area contributed by atoms with Crippen LogP contribution < -0.4 is 4.74 Å². The summed E-state index contributed by atoms with van der Waals surface area (Å²) in [6.45, 7) is -0.388. The Balaban J connectivity index is 1.48. The molecule has 2 fully saturated rings. The zero-order chi connectivity index (χ0) is 20.4. The number of ether oxygens (including phenoxy) is 2. The lowest BCUT2D eigenvalue weighted by molar-refractivity contribution is -0.152. The maximum absolute atomic E-state index is 12.8. The largest absolute Gasteiger partial charge is 0.496 e. The molecule has 0 aromatic heterocycles. The van der Waals surface area contributed by atoms with Gasteiger partial charge in [-0.2, -0.15) is 0 Å². The van der Waals surface area contributed by atoms with Crippen LogP contribution in [-0.2, 0) is 19.2 Å². The molecule has 6 nitrogen and oxygen atoms in total. The molecule has 2 aromatic rings. The third kappa shape index (κ3) is 3.40. The van der Waals surface area contributed by atoms with Gasteiger partial charge in [-0.3, -0.25) is 9.59 Å². The summed E-state index contributed by atoms with van der Waals surface area (Å²) in [4.78, 5) is 39.0. The highest BCUT2D eigenvalue weighted by atomic mass is 32.2. The Morgan fingerprint density at radius 3 is 2.62 bits per heavy atom. The van der Waals surface area contributed by atoms with Crippen molar-refractivity contribution >= 4 is 29.4 Å². The number of hydrogen-bond acceptors (Lipinski definition) is 6. The second-order valence-corrected chi connectivity index (χ2v) is 8.27. The SMILES string of the molecule is COc1ccccc1C(=O)COC(=O)[C@@H]1CS[C@@]2(c3ccccc3)CCC(=O)N12. The highest BCUT2D eigenvalue weighted by Gasteiger charge is 2.57. The monoisotopic (exact) mass is 411 g/mol. The van der Waals surface area contributed by atoms with Crippen LogP contribution in [0, 0.1) is 0 Å². The summed E-state index contributed by atoms with van der Waals surface area (Å²) >= 11 is 1.59. The fourth-order valence-electron chi connectivity index (χ4n) is 4.00. The Bertz CT molecular complexity index is 947. The fraction of sp³-hybridized carbons (Fsp3) is 0.318. The van der Waals surface area contributed by atoms with E-state index in [-0.39, 0.29) is 18.3 Å². The lowest BCUT2D eigenvalue weighted by Gasteiger charge is -2.33. The molecule has 7 heteroatoms. The highest BCUT2D eigenvalue weighted by molar-refractivity contribution is 8.00. The molecule has 4 rings (SSSR count). The molecule has 0 N–H and O–H groups in total. The average Bonchev–Trinajstić information content (AvgIpc) is 3.31. The van der Waals surface area contributed by atoms with E-state index < -0.39 is 16.9 Å². The van der Waals surface area contributed by atoms with Crippen molar-refractivity contribution in [2.24, 2.45) is 0 Å². The number of benzene rings is 2. The van der Waals surface area contributed by atoms with Crippen LogP contribution in [0.5, 0.6) is 5.75 Å². The summed E-state index contributed by atoms with van der Waals surface area (Å²) in [5.41, 5.74) is 1.37. The molecule has 2 aromatic carbocycles. The van der Waals surface area contributed by atoms with E-state index in [1.54, 1.807) is 40.9 Å². The summed E-state index contributed by atoms with van der Waals surface area (Å²) < 4.78 is 10.5. The van der Waals surface area contributed by atoms with Gasteiger partial charge in [-0.05, 0) is 24.1 Å². The van der Waals surface area contributed by atoms with Crippen molar-refractivity contribution in [1.82, 2.24) is 4.90 Å². The molecule has 2 saturated heterocycles. The topological polar surface area (TPSA) is 72.9 Å². The lowest BCUT2D eigenvalue weighted by atomic mass is 10.0. The number of nitrogens with zero attached hydrogens (tertiary/aromatic N) is 1. The molecule has 0 saturated carbocycles. The minimum atomic E-state index is -0.694. The number of ketones is 1. The Morgan fingerprint density at radius 2 is 1.86 bits per heavy atom. The molecule has 29 heavy (non-hydrogen) atoms. The maximum atomic E-state index is 12.8. The molecule has 0 unspecified atom stereocenters. The smallest absolute Gasteiger partial charge is 0.330 e. The van der Waals surface area contributed by atoms with Gasteiger partial charge in [0.25, 0.3) is 0 Å². The van der Waals surface area contributed by atoms with Crippen molar-refractivity contribution in [3.63, 3.8) is 0 Å². The van der Waals surface area contributed by atoms with Gasteiger partial charge in [-0.25, -0.2) is 4.79 Å². The average molecular weight is 411 g/mol. The maximum Gasteiger partial charge on any atom is 0.330 e. The predicted octanol–water partition coefficient (Wildman–Crippen LogP) is 3.01. The molecule has 2 aliphatic rings. The van der Waals surface area contributed by atoms with Gasteiger partial charge in [0.15, 0.2) is 6.61 Å². The van der Waals surface area contributed by atoms with Gasteiger partial charge in [0.1, 0.15) is 16.7 Å². The molecular formula is C22H21NO5S. The first-order valence-electron chi connectivity index (χ1n) is 9.41. The first kappa shape index (κ1) is 19.5. The zero-order valence-corrected chi connectivity index (χ0v) is 16.8. The second-order valence-electron chi connectivity index (χ2n) is 6.97. The number of amides is 1. The van der Waals surface area contributed by atoms with E-state index in [1.807, 2.05) is 30.3 Å². The third-order valence-corrected chi connectivity index (χ3v) is 6.97. The van der Waals surface area contributed by atoms with Crippen LogP contribution in [-0.4, -0.2) is 48.1 Å². The standard InChI is InChI=1S/C22H21NO5S/c1-27-19-10-6-5-9-16(19)18(24)13-28-21(26)17-14-29-22(12-11-20(25)23(17)22)15-7-3-2-4-8-15/h2-10,17H,11-14H2,1H3/t17-,22+/m0/s1. The first-order chi connectivity index (χ1) is 14.1. The van der Waals surface area contributed by atoms with E-state index in [9.17, 15) is 14.4 Å². The van der Waals surface area contributed by atoms with Crippen LogP contribution in [0.2, 0.25) is 0 Å². The summed E-state index contributed by atoms with van der Waals surface area (Å²) in [6.07, 6.45) is 1.05. The molecule has 2 atom stereocenters. The van der Waals surface area contributed by atoms with Crippen LogP contribution in [0.4, 0.5) is 0 Å². The number of para-hydroxylation sites is 1. The predicted molar refractivity (Wildman–Crippen MR) is 109 cm³/mol. The van der Waals surface area contributed by atoms with Crippen molar-refractivity contribution in [1.29, 1.82) is 0 Å². The van der Waals surface area contributed by atoms with Crippen LogP contribution in [0.3, 0.4) is 0 Å². The van der Waals surface area contributed by atoms with E-state index in [1.165, 1.54) is 7.11 Å². The Kier molecular flexibility index (Phi) is 5.32. The summed E-state index contributed by atoms with van der Waals surface area (Å²) in [5, 5.41) is 0. The van der Waals surface area contributed by atoms with Gasteiger partial charge >= 0.3 is 5.97 Å². The molecule has 1 amide bonds. The Morgan fingerprint density at radius 1 is 1.14 bits per heavy atom. The number of rotatable bonds is 6. The van der Waals surface area contributed by atoms with Gasteiger partial charge in [-0.15, -0.1) is 11.8 Å². The molecule has 150 valence electrons. The van der Waals surface area contributed by atoms with Gasteiger partial charge in [0.05, 0.1) is 12.7 Å². The number of esters is 1. The van der Waals surface area contributed by atoms with Crippen LogP contribution >= 0.6 is 11.8 Å². The Hall–Kier alpha value is -2.80. The molecule has 0 aliphatic carbocycles. The normalized spacial score (nSPS) is 23.0. The van der Waals surface area contributed by atoms with E-state index in [0.29, 0.717) is 29.9 Å². The molecule has 0 spiro atoms. The zero-order valence-electron chi connectivity index (χ0n) is 16.0. The van der Waals surface area contributed by atoms with Crippen LogP contribution in [0.1, 0.15) is 28.8 Å². The molecule has 2 aliphatic heterocycles. The highest BCUT2D eigenvalue weighted by Crippen LogP contribution is 2.54. The van der Waals surface area contributed by atoms with Gasteiger partial charge in [0, 0.05) is 12.2 Å². The number of methoxy groups -OCH3 is 1. The third-order valence-electron chi connectivity index (χ3n) is 5.38. The second kappa shape index (κ2) is 7.91. The summed E-state index contributed by atoms with van der Waals surface area (Å²) in [5.74, 6) is -0.0700. The Labute approximate surface area is 173 Å². The number of fused-ring (bicyclic) bond motifs is 1. The van der Waals surface area contributed by atoms with Crippen LogP contribution in [0.15, 0.2) is 54.6 Å². The molecule has 0 radical (unpaired) electrons. The molecular weight excluding hydrogens is 390 g/mol. The quantitative estimate of drug-likeness (QED) is 0.537. The number of carbonyl (C=O) groups is 3. The first-order valence-corrected chi connectivity index (χ1v) is 10.4. The molecule has 0 bridgehead atoms. The van der Waals surface area contributed by atoms with E-state index in [4.69, 9.17) is 9.47 Å². The van der Waals surface area contributed by atoms with Crippen molar-refractivity contribution in [3.05, 3.63) is 65.7 Å². The molecule has 2 heterocycles. The van der Waals surface area contributed by atoms with Crippen molar-refractivity contribution in [2.45, 2.75) is 23.8 Å². The van der Waals surface area contributed by atoms with Gasteiger partial charge < -0.3 is 14.4 Å². The van der Waals surface area contributed by atoms with Crippen LogP contribution in [0.25, 0.3) is 0 Å².